The molecule has 0 aromatic heterocycles. The molecule has 150 valence electrons. The summed E-state index contributed by atoms with van der Waals surface area (Å²) in [5.74, 6) is -0.0315. The van der Waals surface area contributed by atoms with Crippen molar-refractivity contribution < 1.29 is 4.79 Å². The molecule has 0 aliphatic carbocycles. The van der Waals surface area contributed by atoms with E-state index >= 15 is 0 Å². The lowest BCUT2D eigenvalue weighted by Crippen LogP contribution is -2.46. The van der Waals surface area contributed by atoms with E-state index in [0.717, 1.165) is 55.0 Å². The maximum atomic E-state index is 12.8. The lowest BCUT2D eigenvalue weighted by Gasteiger charge is -2.36. The largest absolute Gasteiger partial charge is 0.366 e. The molecule has 1 heterocycles. The highest BCUT2D eigenvalue weighted by Crippen LogP contribution is 2.34. The van der Waals surface area contributed by atoms with Gasteiger partial charge in [0.15, 0.2) is 0 Å². The van der Waals surface area contributed by atoms with Gasteiger partial charge in [0.25, 0.3) is 0 Å². The first-order chi connectivity index (χ1) is 14.1. The number of carbonyl (C=O) groups is 1. The molecule has 1 saturated heterocycles. The Labute approximate surface area is 177 Å². The predicted molar refractivity (Wildman–Crippen MR) is 122 cm³/mol. The second-order valence-electron chi connectivity index (χ2n) is 7.46. The number of amides is 1. The van der Waals surface area contributed by atoms with Gasteiger partial charge in [0.2, 0.25) is 5.91 Å². The number of para-hydroxylation sites is 1. The van der Waals surface area contributed by atoms with Crippen molar-refractivity contribution in [2.75, 3.05) is 42.9 Å². The molecule has 4 nitrogen and oxygen atoms in total. The van der Waals surface area contributed by atoms with Crippen molar-refractivity contribution in [2.24, 2.45) is 0 Å². The quantitative estimate of drug-likeness (QED) is 0.658. The van der Waals surface area contributed by atoms with E-state index in [1.54, 1.807) is 0 Å². The second-order valence-corrected chi connectivity index (χ2v) is 7.87. The number of anilines is 2. The fraction of sp³-hybridized carbons (Fsp3) is 0.292. The summed E-state index contributed by atoms with van der Waals surface area (Å²) in [6.45, 7) is 7.07. The zero-order valence-electron chi connectivity index (χ0n) is 16.7. The van der Waals surface area contributed by atoms with Gasteiger partial charge in [-0.3, -0.25) is 4.79 Å². The number of rotatable bonds is 5. The SMILES string of the molecule is CCN1CCN(c2c(Cl)cccc2NC(=O)Cc2ccc3ccccc3c2)CC1. The Morgan fingerprint density at radius 3 is 2.48 bits per heavy atom. The number of benzene rings is 3. The van der Waals surface area contributed by atoms with Crippen LogP contribution in [0, 0.1) is 0 Å². The highest BCUT2D eigenvalue weighted by molar-refractivity contribution is 6.34. The molecule has 1 fully saturated rings. The summed E-state index contributed by atoms with van der Waals surface area (Å²) in [4.78, 5) is 17.5. The van der Waals surface area contributed by atoms with Gasteiger partial charge < -0.3 is 15.1 Å². The fourth-order valence-corrected chi connectivity index (χ4v) is 4.25. The van der Waals surface area contributed by atoms with Crippen LogP contribution in [0.15, 0.2) is 60.7 Å². The van der Waals surface area contributed by atoms with E-state index < -0.39 is 0 Å². The van der Waals surface area contributed by atoms with E-state index in [0.29, 0.717) is 11.4 Å². The first kappa shape index (κ1) is 19.7. The molecule has 0 bridgehead atoms. The van der Waals surface area contributed by atoms with E-state index in [-0.39, 0.29) is 5.91 Å². The molecule has 0 atom stereocenters. The molecular weight excluding hydrogens is 382 g/mol. The molecule has 29 heavy (non-hydrogen) atoms. The summed E-state index contributed by atoms with van der Waals surface area (Å²) in [5.41, 5.74) is 2.71. The molecule has 0 spiro atoms. The predicted octanol–water partition coefficient (Wildman–Crippen LogP) is 4.82. The van der Waals surface area contributed by atoms with Crippen molar-refractivity contribution in [1.82, 2.24) is 4.90 Å². The summed E-state index contributed by atoms with van der Waals surface area (Å²) in [7, 11) is 0. The van der Waals surface area contributed by atoms with Crippen LogP contribution in [0.1, 0.15) is 12.5 Å². The van der Waals surface area contributed by atoms with Crippen LogP contribution in [0.25, 0.3) is 10.8 Å². The van der Waals surface area contributed by atoms with Crippen molar-refractivity contribution in [3.8, 4) is 0 Å². The number of halogens is 1. The number of nitrogens with zero attached hydrogens (tertiary/aromatic N) is 2. The molecule has 1 aliphatic rings. The van der Waals surface area contributed by atoms with Crippen LogP contribution in [-0.4, -0.2) is 43.5 Å². The van der Waals surface area contributed by atoms with E-state index in [2.05, 4.69) is 46.3 Å². The topological polar surface area (TPSA) is 35.6 Å². The number of likely N-dealkylation sites (N-methyl/N-ethyl adjacent to an activating group) is 1. The van der Waals surface area contributed by atoms with E-state index in [9.17, 15) is 4.79 Å². The summed E-state index contributed by atoms with van der Waals surface area (Å²) in [5, 5.41) is 6.10. The first-order valence-electron chi connectivity index (χ1n) is 10.2. The highest BCUT2D eigenvalue weighted by atomic mass is 35.5. The Kier molecular flexibility index (Phi) is 6.02. The third-order valence-corrected chi connectivity index (χ3v) is 5.88. The number of hydrogen-bond donors (Lipinski definition) is 1. The lowest BCUT2D eigenvalue weighted by molar-refractivity contribution is -0.115. The maximum Gasteiger partial charge on any atom is 0.228 e. The average Bonchev–Trinajstić information content (AvgIpc) is 2.74. The number of piperazine rings is 1. The van der Waals surface area contributed by atoms with Gasteiger partial charge in [0.05, 0.1) is 22.8 Å². The molecular formula is C24H26ClN3O. The molecule has 5 heteroatoms. The molecule has 0 unspecified atom stereocenters. The van der Waals surface area contributed by atoms with Crippen molar-refractivity contribution in [3.05, 3.63) is 71.2 Å². The molecule has 3 aromatic rings. The third-order valence-electron chi connectivity index (χ3n) is 5.58. The van der Waals surface area contributed by atoms with Gasteiger partial charge in [0.1, 0.15) is 0 Å². The van der Waals surface area contributed by atoms with Gasteiger partial charge in [-0.05, 0) is 35.0 Å². The van der Waals surface area contributed by atoms with Crippen LogP contribution in [0.3, 0.4) is 0 Å². The Balaban J connectivity index is 1.50. The standard InChI is InChI=1S/C24H26ClN3O/c1-2-27-12-14-28(15-13-27)24-21(25)8-5-9-22(24)26-23(29)17-18-10-11-19-6-3-4-7-20(19)16-18/h3-11,16H,2,12-15,17H2,1H3,(H,26,29). The van der Waals surface area contributed by atoms with Gasteiger partial charge in [-0.15, -0.1) is 0 Å². The maximum absolute atomic E-state index is 12.8. The molecule has 4 rings (SSSR count). The van der Waals surface area contributed by atoms with Crippen LogP contribution >= 0.6 is 11.6 Å². The average molecular weight is 408 g/mol. The van der Waals surface area contributed by atoms with Crippen LogP contribution in [-0.2, 0) is 11.2 Å². The third kappa shape index (κ3) is 4.55. The zero-order chi connectivity index (χ0) is 20.2. The summed E-state index contributed by atoms with van der Waals surface area (Å²) in [6, 6.07) is 20.1. The smallest absolute Gasteiger partial charge is 0.228 e. The Morgan fingerprint density at radius 2 is 1.72 bits per heavy atom. The monoisotopic (exact) mass is 407 g/mol. The van der Waals surface area contributed by atoms with E-state index in [1.165, 1.54) is 5.39 Å². The molecule has 0 saturated carbocycles. The zero-order valence-corrected chi connectivity index (χ0v) is 17.5. The second kappa shape index (κ2) is 8.85. The first-order valence-corrected chi connectivity index (χ1v) is 10.5. The van der Waals surface area contributed by atoms with Crippen LogP contribution in [0.2, 0.25) is 5.02 Å². The van der Waals surface area contributed by atoms with E-state index in [1.807, 2.05) is 36.4 Å². The van der Waals surface area contributed by atoms with Gasteiger partial charge >= 0.3 is 0 Å². The normalized spacial score (nSPS) is 14.9. The summed E-state index contributed by atoms with van der Waals surface area (Å²) >= 11 is 6.54. The Morgan fingerprint density at radius 1 is 0.966 bits per heavy atom. The van der Waals surface area contributed by atoms with Gasteiger partial charge in [-0.2, -0.15) is 0 Å². The molecule has 1 N–H and O–H groups in total. The molecule has 0 radical (unpaired) electrons. The van der Waals surface area contributed by atoms with Gasteiger partial charge in [-0.1, -0.05) is 67.1 Å². The van der Waals surface area contributed by atoms with E-state index in [4.69, 9.17) is 11.6 Å². The Bertz CT molecular complexity index is 1010. The highest BCUT2D eigenvalue weighted by Gasteiger charge is 2.21. The molecule has 1 amide bonds. The van der Waals surface area contributed by atoms with Gasteiger partial charge in [-0.25, -0.2) is 0 Å². The van der Waals surface area contributed by atoms with Crippen molar-refractivity contribution >= 4 is 39.7 Å². The fourth-order valence-electron chi connectivity index (χ4n) is 3.95. The number of nitrogens with one attached hydrogen (secondary N) is 1. The lowest BCUT2D eigenvalue weighted by atomic mass is 10.0. The minimum Gasteiger partial charge on any atom is -0.366 e. The summed E-state index contributed by atoms with van der Waals surface area (Å²) in [6.07, 6.45) is 0.334. The number of carbonyl (C=O) groups excluding carboxylic acids is 1. The number of hydrogen-bond acceptors (Lipinski definition) is 3. The number of fused-ring (bicyclic) bond motifs is 1. The van der Waals surface area contributed by atoms with Crippen LogP contribution in [0.5, 0.6) is 0 Å². The van der Waals surface area contributed by atoms with Gasteiger partial charge in [0, 0.05) is 26.2 Å². The molecule has 3 aromatic carbocycles. The van der Waals surface area contributed by atoms with Crippen LogP contribution in [0.4, 0.5) is 11.4 Å². The molecule has 1 aliphatic heterocycles. The Hall–Kier alpha value is -2.56. The minimum absolute atomic E-state index is 0.0315. The van der Waals surface area contributed by atoms with Crippen molar-refractivity contribution in [1.29, 1.82) is 0 Å². The van der Waals surface area contributed by atoms with Crippen LogP contribution < -0.4 is 10.2 Å². The van der Waals surface area contributed by atoms with Crippen molar-refractivity contribution in [3.63, 3.8) is 0 Å². The van der Waals surface area contributed by atoms with Crippen molar-refractivity contribution in [2.45, 2.75) is 13.3 Å². The summed E-state index contributed by atoms with van der Waals surface area (Å²) < 4.78 is 0. The minimum atomic E-state index is -0.0315.